The summed E-state index contributed by atoms with van der Waals surface area (Å²) in [5, 5.41) is 19.5. The van der Waals surface area contributed by atoms with Crippen molar-refractivity contribution in [1.82, 2.24) is 26.0 Å². The molecule has 0 radical (unpaired) electrons. The van der Waals surface area contributed by atoms with Gasteiger partial charge in [-0.1, -0.05) is 54.6 Å². The zero-order chi connectivity index (χ0) is 29.9. The lowest BCUT2D eigenvalue weighted by atomic mass is 9.76. The van der Waals surface area contributed by atoms with Gasteiger partial charge in [-0.2, -0.15) is 15.4 Å². The fraction of sp³-hybridized carbons (Fsp3) is 0.364. The van der Waals surface area contributed by atoms with E-state index in [9.17, 15) is 14.4 Å². The predicted octanol–water partition coefficient (Wildman–Crippen LogP) is 5.61. The summed E-state index contributed by atoms with van der Waals surface area (Å²) in [6.07, 6.45) is 1.15. The molecule has 218 valence electrons. The van der Waals surface area contributed by atoms with Crippen molar-refractivity contribution in [2.45, 2.75) is 70.4 Å². The van der Waals surface area contributed by atoms with Crippen LogP contribution in [0.5, 0.6) is 0 Å². The second-order valence-electron chi connectivity index (χ2n) is 12.2. The van der Waals surface area contributed by atoms with Crippen LogP contribution in [0.25, 0.3) is 11.0 Å². The number of carbonyl (C=O) groups is 3. The third-order valence-corrected chi connectivity index (χ3v) is 7.91. The number of nitrogens with zero attached hydrogens (tertiary/aromatic N) is 2. The highest BCUT2D eigenvalue weighted by Gasteiger charge is 2.42. The molecule has 9 heteroatoms. The number of hydrogen-bond acceptors (Lipinski definition) is 5. The quantitative estimate of drug-likeness (QED) is 0.226. The first-order chi connectivity index (χ1) is 20.1. The second-order valence-corrected chi connectivity index (χ2v) is 12.2. The zero-order valence-electron chi connectivity index (χ0n) is 24.5. The van der Waals surface area contributed by atoms with Gasteiger partial charge in [0.05, 0.1) is 6.04 Å². The number of benzene rings is 3. The van der Waals surface area contributed by atoms with Crippen LogP contribution in [0.1, 0.15) is 68.6 Å². The fourth-order valence-electron chi connectivity index (χ4n) is 6.08. The Morgan fingerprint density at radius 2 is 1.64 bits per heavy atom. The summed E-state index contributed by atoms with van der Waals surface area (Å²) >= 11 is 0. The van der Waals surface area contributed by atoms with Crippen LogP contribution in [0.15, 0.2) is 72.8 Å². The Balaban J connectivity index is 1.48. The first-order valence-corrected chi connectivity index (χ1v) is 14.4. The van der Waals surface area contributed by atoms with Gasteiger partial charge in [0.25, 0.3) is 0 Å². The van der Waals surface area contributed by atoms with E-state index in [4.69, 9.17) is 0 Å². The normalized spacial score (nSPS) is 21.0. The number of rotatable bonds is 6. The Bertz CT molecular complexity index is 1580. The monoisotopic (exact) mass is 566 g/mol. The van der Waals surface area contributed by atoms with Gasteiger partial charge in [-0.05, 0) is 87.3 Å². The highest BCUT2D eigenvalue weighted by Crippen LogP contribution is 2.43. The summed E-state index contributed by atoms with van der Waals surface area (Å²) in [5.41, 5.74) is 4.71. The number of hydrogen-bond donors (Lipinski definition) is 4. The van der Waals surface area contributed by atoms with E-state index in [1.54, 1.807) is 18.2 Å². The number of ketones is 1. The number of aromatic nitrogens is 3. The standard InChI is InChI=1S/C33H38N6O3/c1-20-10-8-9-13-24(20)22-16-25(21-11-6-5-7-12-21)26(19-30(40)36-33(2,3)4)31(41)29(17-22)35-32(42)34-23-14-15-27-28(18-23)38-39-37-27/h5-15,18,22,25-26,29H,16-17,19H2,1-4H3,(H,36,40)(H2,34,35,42)(H,37,38,39)/t22-,25-,26?,29?/m1/s1. The lowest BCUT2D eigenvalue weighted by Crippen LogP contribution is -2.47. The average molecular weight is 567 g/mol. The number of anilines is 1. The van der Waals surface area contributed by atoms with E-state index in [-0.39, 0.29) is 29.9 Å². The van der Waals surface area contributed by atoms with Gasteiger partial charge in [0.1, 0.15) is 11.0 Å². The summed E-state index contributed by atoms with van der Waals surface area (Å²) in [5.74, 6) is -1.13. The van der Waals surface area contributed by atoms with Gasteiger partial charge in [0, 0.05) is 23.6 Å². The van der Waals surface area contributed by atoms with Gasteiger partial charge in [0.15, 0.2) is 5.78 Å². The third kappa shape index (κ3) is 6.84. The molecular formula is C33H38N6O3. The van der Waals surface area contributed by atoms with Crippen molar-refractivity contribution < 1.29 is 14.4 Å². The number of aryl methyl sites for hydroxylation is 1. The number of nitrogens with one attached hydrogen (secondary N) is 4. The molecule has 1 aromatic heterocycles. The summed E-state index contributed by atoms with van der Waals surface area (Å²) in [7, 11) is 0. The number of carbonyl (C=O) groups excluding carboxylic acids is 3. The molecule has 1 aliphatic rings. The van der Waals surface area contributed by atoms with Crippen LogP contribution >= 0.6 is 0 Å². The zero-order valence-corrected chi connectivity index (χ0v) is 24.5. The van der Waals surface area contributed by atoms with E-state index in [2.05, 4.69) is 50.4 Å². The average Bonchev–Trinajstić information content (AvgIpc) is 3.36. The molecule has 1 saturated carbocycles. The molecule has 1 heterocycles. The van der Waals surface area contributed by atoms with Crippen molar-refractivity contribution in [2.75, 3.05) is 5.32 Å². The molecule has 3 aromatic carbocycles. The van der Waals surface area contributed by atoms with Gasteiger partial charge in [-0.15, -0.1) is 0 Å². The lowest BCUT2D eigenvalue weighted by molar-refractivity contribution is -0.131. The fourth-order valence-corrected chi connectivity index (χ4v) is 6.08. The van der Waals surface area contributed by atoms with Gasteiger partial charge < -0.3 is 16.0 Å². The molecule has 1 fully saturated rings. The molecule has 4 aromatic rings. The van der Waals surface area contributed by atoms with Crippen LogP contribution in [0.3, 0.4) is 0 Å². The molecular weight excluding hydrogens is 528 g/mol. The van der Waals surface area contributed by atoms with Crippen molar-refractivity contribution >= 4 is 34.4 Å². The first-order valence-electron chi connectivity index (χ1n) is 14.4. The molecule has 0 aliphatic heterocycles. The molecule has 5 rings (SSSR count). The second kappa shape index (κ2) is 12.1. The molecule has 4 N–H and O–H groups in total. The summed E-state index contributed by atoms with van der Waals surface area (Å²) in [6.45, 7) is 7.85. The van der Waals surface area contributed by atoms with E-state index in [0.717, 1.165) is 16.7 Å². The molecule has 0 saturated heterocycles. The largest absolute Gasteiger partial charge is 0.351 e. The number of Topliss-reactive ketones (excluding diaryl/α,β-unsaturated/α-hetero) is 1. The van der Waals surface area contributed by atoms with Gasteiger partial charge in [-0.25, -0.2) is 4.79 Å². The van der Waals surface area contributed by atoms with E-state index in [0.29, 0.717) is 29.6 Å². The Morgan fingerprint density at radius 3 is 2.38 bits per heavy atom. The Morgan fingerprint density at radius 1 is 0.929 bits per heavy atom. The van der Waals surface area contributed by atoms with Crippen molar-refractivity contribution in [3.05, 3.63) is 89.5 Å². The number of amides is 3. The van der Waals surface area contributed by atoms with Crippen LogP contribution in [-0.4, -0.2) is 44.7 Å². The summed E-state index contributed by atoms with van der Waals surface area (Å²) < 4.78 is 0. The third-order valence-electron chi connectivity index (χ3n) is 7.91. The molecule has 9 nitrogen and oxygen atoms in total. The van der Waals surface area contributed by atoms with Crippen molar-refractivity contribution in [1.29, 1.82) is 0 Å². The van der Waals surface area contributed by atoms with E-state index in [1.807, 2.05) is 63.2 Å². The van der Waals surface area contributed by atoms with Crippen LogP contribution in [0, 0.1) is 12.8 Å². The Kier molecular flexibility index (Phi) is 8.38. The SMILES string of the molecule is Cc1ccccc1[C@H]1CC(NC(=O)Nc2ccc3n[nH]nc3c2)C(=O)C(CC(=O)NC(C)(C)C)[C@@H](c2ccccc2)C1. The highest BCUT2D eigenvalue weighted by molar-refractivity contribution is 5.98. The van der Waals surface area contributed by atoms with Crippen molar-refractivity contribution in [3.8, 4) is 0 Å². The topological polar surface area (TPSA) is 129 Å². The van der Waals surface area contributed by atoms with Crippen molar-refractivity contribution in [3.63, 3.8) is 0 Å². The van der Waals surface area contributed by atoms with E-state index < -0.39 is 23.5 Å². The van der Waals surface area contributed by atoms with Gasteiger partial charge in [-0.3, -0.25) is 9.59 Å². The molecule has 0 spiro atoms. The van der Waals surface area contributed by atoms with Crippen LogP contribution in [-0.2, 0) is 9.59 Å². The minimum Gasteiger partial charge on any atom is -0.351 e. The van der Waals surface area contributed by atoms with Crippen LogP contribution < -0.4 is 16.0 Å². The predicted molar refractivity (Wildman–Crippen MR) is 163 cm³/mol. The molecule has 4 atom stereocenters. The molecule has 0 bridgehead atoms. The number of H-pyrrole nitrogens is 1. The summed E-state index contributed by atoms with van der Waals surface area (Å²) in [6, 6.07) is 22.1. The lowest BCUT2D eigenvalue weighted by Gasteiger charge is -2.28. The van der Waals surface area contributed by atoms with Crippen LogP contribution in [0.2, 0.25) is 0 Å². The van der Waals surface area contributed by atoms with Crippen molar-refractivity contribution in [2.24, 2.45) is 5.92 Å². The van der Waals surface area contributed by atoms with Gasteiger partial charge >= 0.3 is 6.03 Å². The number of aromatic amines is 1. The molecule has 2 unspecified atom stereocenters. The van der Waals surface area contributed by atoms with E-state index >= 15 is 0 Å². The maximum atomic E-state index is 14.4. The minimum absolute atomic E-state index is 0.00665. The molecule has 3 amide bonds. The highest BCUT2D eigenvalue weighted by atomic mass is 16.2. The molecule has 1 aliphatic carbocycles. The maximum absolute atomic E-state index is 14.4. The Hall–Kier alpha value is -4.53. The van der Waals surface area contributed by atoms with Crippen LogP contribution in [0.4, 0.5) is 10.5 Å². The maximum Gasteiger partial charge on any atom is 0.319 e. The minimum atomic E-state index is -0.786. The number of fused-ring (bicyclic) bond motifs is 1. The molecule has 42 heavy (non-hydrogen) atoms. The first kappa shape index (κ1) is 29.0. The smallest absolute Gasteiger partial charge is 0.319 e. The Labute approximate surface area is 245 Å². The van der Waals surface area contributed by atoms with E-state index in [1.165, 1.54) is 0 Å². The van der Waals surface area contributed by atoms with Gasteiger partial charge in [0.2, 0.25) is 5.91 Å². The summed E-state index contributed by atoms with van der Waals surface area (Å²) in [4.78, 5) is 40.9. The number of urea groups is 1.